The van der Waals surface area contributed by atoms with Crippen molar-refractivity contribution >= 4 is 22.5 Å². The smallest absolute Gasteiger partial charge is 0.251 e. The van der Waals surface area contributed by atoms with Crippen molar-refractivity contribution in [1.29, 1.82) is 0 Å². The predicted octanol–water partition coefficient (Wildman–Crippen LogP) is 5.08. The Bertz CT molecular complexity index is 1240. The number of nitrogens with zero attached hydrogens (tertiary/aromatic N) is 3. The summed E-state index contributed by atoms with van der Waals surface area (Å²) in [6.07, 6.45) is 1.68. The minimum Gasteiger partial charge on any atom is -0.354 e. The van der Waals surface area contributed by atoms with Gasteiger partial charge in [-0.15, -0.1) is 10.2 Å². The summed E-state index contributed by atoms with van der Waals surface area (Å²) in [6.45, 7) is 1.57. The zero-order valence-electron chi connectivity index (χ0n) is 17.5. The van der Waals surface area contributed by atoms with E-state index in [1.165, 1.54) is 12.1 Å². The molecule has 0 atom stereocenters. The maximum Gasteiger partial charge on any atom is 0.251 e. The molecule has 0 bridgehead atoms. The van der Waals surface area contributed by atoms with E-state index in [9.17, 15) is 9.18 Å². The van der Waals surface area contributed by atoms with Gasteiger partial charge in [0.1, 0.15) is 11.5 Å². The van der Waals surface area contributed by atoms with E-state index in [1.54, 1.807) is 12.1 Å². The van der Waals surface area contributed by atoms with Crippen LogP contribution < -0.4 is 10.2 Å². The molecule has 2 heterocycles. The number of fused-ring (bicyclic) bond motifs is 1. The molecule has 3 aromatic carbocycles. The second-order valence-electron chi connectivity index (χ2n) is 8.03. The molecule has 1 fully saturated rings. The van der Waals surface area contributed by atoms with Crippen LogP contribution in [0.5, 0.6) is 0 Å². The van der Waals surface area contributed by atoms with Gasteiger partial charge in [-0.05, 0) is 49.2 Å². The maximum atomic E-state index is 13.4. The number of amides is 1. The summed E-state index contributed by atoms with van der Waals surface area (Å²) in [7, 11) is 0. The molecule has 32 heavy (non-hydrogen) atoms. The number of anilines is 1. The molecular weight excluding hydrogens is 403 g/mol. The van der Waals surface area contributed by atoms with Crippen molar-refractivity contribution in [3.8, 4) is 11.3 Å². The van der Waals surface area contributed by atoms with Crippen LogP contribution in [0.2, 0.25) is 0 Å². The summed E-state index contributed by atoms with van der Waals surface area (Å²) >= 11 is 0. The third kappa shape index (κ3) is 4.04. The third-order valence-electron chi connectivity index (χ3n) is 5.95. The highest BCUT2D eigenvalue weighted by Gasteiger charge is 2.24. The van der Waals surface area contributed by atoms with Crippen LogP contribution in [0.25, 0.3) is 22.0 Å². The van der Waals surface area contributed by atoms with Crippen LogP contribution in [0.3, 0.4) is 0 Å². The van der Waals surface area contributed by atoms with E-state index < -0.39 is 0 Å². The Balaban J connectivity index is 0.00000259. The van der Waals surface area contributed by atoms with E-state index in [4.69, 9.17) is 0 Å². The predicted molar refractivity (Wildman–Crippen MR) is 126 cm³/mol. The number of carbonyl (C=O) groups is 1. The zero-order valence-corrected chi connectivity index (χ0v) is 17.5. The minimum absolute atomic E-state index is 0. The van der Waals surface area contributed by atoms with E-state index in [1.807, 2.05) is 48.5 Å². The van der Waals surface area contributed by atoms with Crippen molar-refractivity contribution in [2.75, 3.05) is 18.0 Å². The van der Waals surface area contributed by atoms with Gasteiger partial charge < -0.3 is 10.2 Å². The lowest BCUT2D eigenvalue weighted by molar-refractivity contribution is 0.0931. The number of halogens is 1. The SMILES string of the molecule is O=C(NC1CCN(c2nnc(-c3ccc(F)cc3)c3ccccc23)CC1)c1ccccc1.[HH]. The summed E-state index contributed by atoms with van der Waals surface area (Å²) in [5.41, 5.74) is 2.27. The molecule has 0 radical (unpaired) electrons. The van der Waals surface area contributed by atoms with Gasteiger partial charge in [0.05, 0.1) is 0 Å². The number of hydrogen-bond acceptors (Lipinski definition) is 4. The van der Waals surface area contributed by atoms with E-state index in [-0.39, 0.29) is 19.2 Å². The molecule has 4 aromatic rings. The van der Waals surface area contributed by atoms with Gasteiger partial charge in [0.2, 0.25) is 0 Å². The molecule has 6 heteroatoms. The molecule has 5 rings (SSSR count). The second-order valence-corrected chi connectivity index (χ2v) is 8.03. The van der Waals surface area contributed by atoms with Crippen LogP contribution in [-0.4, -0.2) is 35.2 Å². The van der Waals surface area contributed by atoms with Gasteiger partial charge in [0.15, 0.2) is 5.82 Å². The first-order valence-electron chi connectivity index (χ1n) is 10.8. The van der Waals surface area contributed by atoms with Crippen molar-refractivity contribution in [2.45, 2.75) is 18.9 Å². The van der Waals surface area contributed by atoms with Gasteiger partial charge in [-0.2, -0.15) is 0 Å². The topological polar surface area (TPSA) is 58.1 Å². The Morgan fingerprint density at radius 3 is 2.25 bits per heavy atom. The molecular formula is C26H25FN4O. The number of hydrogen-bond donors (Lipinski definition) is 1. The molecule has 5 nitrogen and oxygen atoms in total. The van der Waals surface area contributed by atoms with E-state index >= 15 is 0 Å². The maximum absolute atomic E-state index is 13.4. The normalized spacial score (nSPS) is 14.5. The number of nitrogens with one attached hydrogen (secondary N) is 1. The molecule has 1 amide bonds. The Kier molecular flexibility index (Phi) is 5.50. The van der Waals surface area contributed by atoms with E-state index in [2.05, 4.69) is 26.5 Å². The van der Waals surface area contributed by atoms with Gasteiger partial charge in [0, 0.05) is 42.5 Å². The first-order valence-corrected chi connectivity index (χ1v) is 10.8. The molecule has 0 aliphatic carbocycles. The van der Waals surface area contributed by atoms with Gasteiger partial charge >= 0.3 is 0 Å². The molecule has 0 spiro atoms. The van der Waals surface area contributed by atoms with Gasteiger partial charge in [-0.3, -0.25) is 4.79 Å². The highest BCUT2D eigenvalue weighted by molar-refractivity contribution is 6.00. The first-order chi connectivity index (χ1) is 15.7. The second kappa shape index (κ2) is 8.75. The van der Waals surface area contributed by atoms with E-state index in [0.29, 0.717) is 5.56 Å². The molecule has 1 N–H and O–H groups in total. The molecule has 1 aromatic heterocycles. The molecule has 162 valence electrons. The first kappa shape index (κ1) is 20.1. The fraction of sp³-hybridized carbons (Fsp3) is 0.192. The largest absolute Gasteiger partial charge is 0.354 e. The van der Waals surface area contributed by atoms with Gasteiger partial charge in [0.25, 0.3) is 5.91 Å². The Labute approximate surface area is 187 Å². The van der Waals surface area contributed by atoms with Crippen molar-refractivity contribution in [1.82, 2.24) is 15.5 Å². The molecule has 1 aliphatic heterocycles. The summed E-state index contributed by atoms with van der Waals surface area (Å²) in [4.78, 5) is 14.7. The van der Waals surface area contributed by atoms with Crippen molar-refractivity contribution in [3.63, 3.8) is 0 Å². The van der Waals surface area contributed by atoms with Crippen LogP contribution in [0.4, 0.5) is 10.2 Å². The zero-order chi connectivity index (χ0) is 21.9. The summed E-state index contributed by atoms with van der Waals surface area (Å²) < 4.78 is 13.4. The van der Waals surface area contributed by atoms with Crippen molar-refractivity contribution < 1.29 is 10.6 Å². The van der Waals surface area contributed by atoms with Crippen LogP contribution in [0.1, 0.15) is 24.6 Å². The average Bonchev–Trinajstić information content (AvgIpc) is 2.85. The third-order valence-corrected chi connectivity index (χ3v) is 5.95. The highest BCUT2D eigenvalue weighted by atomic mass is 19.1. The van der Waals surface area contributed by atoms with E-state index in [0.717, 1.165) is 53.8 Å². The number of carbonyl (C=O) groups excluding carboxylic acids is 1. The summed E-state index contributed by atoms with van der Waals surface area (Å²) in [5, 5.41) is 14.2. The number of piperidine rings is 1. The number of rotatable bonds is 4. The lowest BCUT2D eigenvalue weighted by Crippen LogP contribution is -2.45. The van der Waals surface area contributed by atoms with Crippen LogP contribution >= 0.6 is 0 Å². The van der Waals surface area contributed by atoms with Crippen LogP contribution in [0.15, 0.2) is 78.9 Å². The lowest BCUT2D eigenvalue weighted by Gasteiger charge is -2.33. The highest BCUT2D eigenvalue weighted by Crippen LogP contribution is 2.32. The minimum atomic E-state index is -0.273. The Morgan fingerprint density at radius 1 is 0.875 bits per heavy atom. The Morgan fingerprint density at radius 2 is 1.53 bits per heavy atom. The fourth-order valence-electron chi connectivity index (χ4n) is 4.24. The average molecular weight is 429 g/mol. The standard InChI is InChI=1S/C26H23FN4O.H2/c27-20-12-10-18(11-13-20)24-22-8-4-5-9-23(22)25(30-29-24)31-16-14-21(15-17-31)28-26(32)19-6-2-1-3-7-19;/h1-13,21H,14-17H2,(H,28,32);1H. The number of aromatic nitrogens is 2. The summed E-state index contributed by atoms with van der Waals surface area (Å²) in [5.74, 6) is 0.544. The van der Waals surface area contributed by atoms with Gasteiger partial charge in [-0.1, -0.05) is 42.5 Å². The molecule has 1 aliphatic rings. The Hall–Kier alpha value is -3.80. The van der Waals surface area contributed by atoms with Gasteiger partial charge in [-0.25, -0.2) is 4.39 Å². The van der Waals surface area contributed by atoms with Crippen molar-refractivity contribution in [3.05, 3.63) is 90.2 Å². The van der Waals surface area contributed by atoms with Crippen LogP contribution in [0, 0.1) is 5.82 Å². The molecule has 0 saturated carbocycles. The fourth-order valence-corrected chi connectivity index (χ4v) is 4.24. The van der Waals surface area contributed by atoms with Crippen LogP contribution in [-0.2, 0) is 0 Å². The molecule has 0 unspecified atom stereocenters. The summed E-state index contributed by atoms with van der Waals surface area (Å²) in [6, 6.07) is 23.8. The van der Waals surface area contributed by atoms with Crippen molar-refractivity contribution in [2.24, 2.45) is 0 Å². The quantitative estimate of drug-likeness (QED) is 0.492. The number of benzene rings is 3. The lowest BCUT2D eigenvalue weighted by atomic mass is 10.0. The molecule has 1 saturated heterocycles. The monoisotopic (exact) mass is 428 g/mol.